The molecule has 0 aliphatic heterocycles. The predicted molar refractivity (Wildman–Crippen MR) is 60.0 cm³/mol. The minimum Gasteiger partial charge on any atom is -0.507 e. The Morgan fingerprint density at radius 1 is 1.41 bits per heavy atom. The zero-order valence-electron chi connectivity index (χ0n) is 9.48. The van der Waals surface area contributed by atoms with Crippen LogP contribution in [0.2, 0.25) is 0 Å². The average molecular weight is 236 g/mol. The van der Waals surface area contributed by atoms with Gasteiger partial charge in [-0.3, -0.25) is 0 Å². The van der Waals surface area contributed by atoms with Crippen LogP contribution in [0.1, 0.15) is 25.6 Å². The van der Waals surface area contributed by atoms with E-state index in [1.165, 1.54) is 12.1 Å². The van der Waals surface area contributed by atoms with Crippen molar-refractivity contribution in [3.8, 4) is 17.2 Å². The Balaban J connectivity index is 2.24. The number of aryl methyl sites for hydroxylation is 1. The van der Waals surface area contributed by atoms with Crippen LogP contribution in [0, 0.1) is 5.82 Å². The lowest BCUT2D eigenvalue weighted by atomic mass is 10.2. The van der Waals surface area contributed by atoms with Crippen LogP contribution in [-0.2, 0) is 6.42 Å². The number of aromatic hydroxyl groups is 1. The van der Waals surface area contributed by atoms with E-state index in [2.05, 4.69) is 17.1 Å². The standard InChI is InChI=1S/C12H13FN2O2/c1-2-3-4-11-14-12(17-15-11)9-6-5-8(13)7-10(9)16/h5-7,16H,2-4H2,1H3. The molecule has 2 aromatic rings. The van der Waals surface area contributed by atoms with E-state index in [0.717, 1.165) is 25.3 Å². The van der Waals surface area contributed by atoms with E-state index < -0.39 is 5.82 Å². The second-order valence-electron chi connectivity index (χ2n) is 3.78. The number of rotatable bonds is 4. The van der Waals surface area contributed by atoms with Crippen molar-refractivity contribution in [3.05, 3.63) is 29.8 Å². The summed E-state index contributed by atoms with van der Waals surface area (Å²) in [4.78, 5) is 4.15. The van der Waals surface area contributed by atoms with E-state index in [0.29, 0.717) is 11.4 Å². The Morgan fingerprint density at radius 3 is 2.94 bits per heavy atom. The topological polar surface area (TPSA) is 59.2 Å². The van der Waals surface area contributed by atoms with E-state index >= 15 is 0 Å². The molecule has 1 aromatic carbocycles. The zero-order valence-corrected chi connectivity index (χ0v) is 9.48. The fraction of sp³-hybridized carbons (Fsp3) is 0.333. The Kier molecular flexibility index (Phi) is 3.37. The number of nitrogens with zero attached hydrogens (tertiary/aromatic N) is 2. The van der Waals surface area contributed by atoms with Gasteiger partial charge in [0.05, 0.1) is 5.56 Å². The summed E-state index contributed by atoms with van der Waals surface area (Å²) in [6.07, 6.45) is 2.77. The molecule has 0 amide bonds. The molecule has 0 fully saturated rings. The highest BCUT2D eigenvalue weighted by Gasteiger charge is 2.13. The summed E-state index contributed by atoms with van der Waals surface area (Å²) in [5.74, 6) is 0.117. The summed E-state index contributed by atoms with van der Waals surface area (Å²) in [5, 5.41) is 13.4. The molecule has 0 unspecified atom stereocenters. The summed E-state index contributed by atoms with van der Waals surface area (Å²) in [6, 6.07) is 3.68. The van der Waals surface area contributed by atoms with E-state index in [1.54, 1.807) is 0 Å². The van der Waals surface area contributed by atoms with Gasteiger partial charge >= 0.3 is 0 Å². The molecule has 90 valence electrons. The van der Waals surface area contributed by atoms with E-state index in [4.69, 9.17) is 4.52 Å². The largest absolute Gasteiger partial charge is 0.507 e. The molecule has 0 aliphatic rings. The van der Waals surface area contributed by atoms with Gasteiger partial charge in [0.1, 0.15) is 11.6 Å². The van der Waals surface area contributed by atoms with Gasteiger partial charge in [0.25, 0.3) is 5.89 Å². The summed E-state index contributed by atoms with van der Waals surface area (Å²) in [7, 11) is 0. The lowest BCUT2D eigenvalue weighted by molar-refractivity contribution is 0.416. The smallest absolute Gasteiger partial charge is 0.261 e. The third kappa shape index (κ3) is 2.61. The second-order valence-corrected chi connectivity index (χ2v) is 3.78. The van der Waals surface area contributed by atoms with Gasteiger partial charge in [0.2, 0.25) is 0 Å². The van der Waals surface area contributed by atoms with Crippen molar-refractivity contribution in [1.29, 1.82) is 0 Å². The molecule has 1 N–H and O–H groups in total. The molecule has 0 radical (unpaired) electrons. The first-order valence-electron chi connectivity index (χ1n) is 5.52. The van der Waals surface area contributed by atoms with Crippen molar-refractivity contribution < 1.29 is 14.0 Å². The van der Waals surface area contributed by atoms with Crippen LogP contribution in [0.15, 0.2) is 22.7 Å². The Bertz CT molecular complexity index is 511. The summed E-state index contributed by atoms with van der Waals surface area (Å²) in [5.41, 5.74) is 0.349. The average Bonchev–Trinajstić information content (AvgIpc) is 2.75. The molecule has 0 saturated carbocycles. The predicted octanol–water partition coefficient (Wildman–Crippen LogP) is 2.92. The number of hydrogen-bond donors (Lipinski definition) is 1. The number of phenols is 1. The SMILES string of the molecule is CCCCc1noc(-c2ccc(F)cc2O)n1. The maximum Gasteiger partial charge on any atom is 0.261 e. The number of unbranched alkanes of at least 4 members (excludes halogenated alkanes) is 1. The molecular weight excluding hydrogens is 223 g/mol. The molecule has 0 spiro atoms. The molecule has 0 saturated heterocycles. The van der Waals surface area contributed by atoms with Gasteiger partial charge in [-0.2, -0.15) is 4.98 Å². The van der Waals surface area contributed by atoms with Crippen LogP contribution in [0.5, 0.6) is 5.75 Å². The number of halogens is 1. The van der Waals surface area contributed by atoms with Crippen molar-refractivity contribution in [2.24, 2.45) is 0 Å². The highest BCUT2D eigenvalue weighted by atomic mass is 19.1. The first-order valence-corrected chi connectivity index (χ1v) is 5.52. The molecule has 0 atom stereocenters. The van der Waals surface area contributed by atoms with Crippen LogP contribution < -0.4 is 0 Å². The van der Waals surface area contributed by atoms with Gasteiger partial charge < -0.3 is 9.63 Å². The van der Waals surface area contributed by atoms with Crippen LogP contribution >= 0.6 is 0 Å². The molecule has 1 aromatic heterocycles. The summed E-state index contributed by atoms with van der Waals surface area (Å²) < 4.78 is 17.8. The van der Waals surface area contributed by atoms with E-state index in [9.17, 15) is 9.50 Å². The number of aromatic nitrogens is 2. The number of benzene rings is 1. The Hall–Kier alpha value is -1.91. The fourth-order valence-corrected chi connectivity index (χ4v) is 1.49. The van der Waals surface area contributed by atoms with Crippen LogP contribution in [0.25, 0.3) is 11.5 Å². The molecular formula is C12H13FN2O2. The monoisotopic (exact) mass is 236 g/mol. The lowest BCUT2D eigenvalue weighted by Gasteiger charge is -1.98. The quantitative estimate of drug-likeness (QED) is 0.886. The van der Waals surface area contributed by atoms with Crippen molar-refractivity contribution in [1.82, 2.24) is 10.1 Å². The Labute approximate surface area is 98.1 Å². The van der Waals surface area contributed by atoms with E-state index in [-0.39, 0.29) is 11.6 Å². The van der Waals surface area contributed by atoms with Gasteiger partial charge in [0.15, 0.2) is 5.82 Å². The maximum absolute atomic E-state index is 12.8. The molecule has 17 heavy (non-hydrogen) atoms. The third-order valence-electron chi connectivity index (χ3n) is 2.41. The zero-order chi connectivity index (χ0) is 12.3. The maximum atomic E-state index is 12.8. The first kappa shape index (κ1) is 11.6. The molecule has 1 heterocycles. The molecule has 0 bridgehead atoms. The summed E-state index contributed by atoms with van der Waals surface area (Å²) >= 11 is 0. The summed E-state index contributed by atoms with van der Waals surface area (Å²) in [6.45, 7) is 2.08. The van der Waals surface area contributed by atoms with Crippen molar-refractivity contribution in [3.63, 3.8) is 0 Å². The minimum atomic E-state index is -0.503. The van der Waals surface area contributed by atoms with Gasteiger partial charge in [0, 0.05) is 12.5 Å². The van der Waals surface area contributed by atoms with Gasteiger partial charge in [-0.25, -0.2) is 4.39 Å². The van der Waals surface area contributed by atoms with Gasteiger partial charge in [-0.05, 0) is 18.6 Å². The van der Waals surface area contributed by atoms with Crippen molar-refractivity contribution in [2.45, 2.75) is 26.2 Å². The molecule has 4 nitrogen and oxygen atoms in total. The highest BCUT2D eigenvalue weighted by Crippen LogP contribution is 2.28. The van der Waals surface area contributed by atoms with Gasteiger partial charge in [-0.1, -0.05) is 18.5 Å². The van der Waals surface area contributed by atoms with Crippen LogP contribution in [0.4, 0.5) is 4.39 Å². The number of phenolic OH excluding ortho intramolecular Hbond substituents is 1. The lowest BCUT2D eigenvalue weighted by Crippen LogP contribution is -1.87. The molecule has 5 heteroatoms. The molecule has 0 aliphatic carbocycles. The minimum absolute atomic E-state index is 0.198. The van der Waals surface area contributed by atoms with Crippen LogP contribution in [0.3, 0.4) is 0 Å². The Morgan fingerprint density at radius 2 is 2.24 bits per heavy atom. The van der Waals surface area contributed by atoms with E-state index in [1.807, 2.05) is 0 Å². The van der Waals surface area contributed by atoms with Crippen molar-refractivity contribution in [2.75, 3.05) is 0 Å². The molecule has 2 rings (SSSR count). The second kappa shape index (κ2) is 4.95. The van der Waals surface area contributed by atoms with Gasteiger partial charge in [-0.15, -0.1) is 0 Å². The normalized spacial score (nSPS) is 10.7. The highest BCUT2D eigenvalue weighted by molar-refractivity contribution is 5.61. The third-order valence-corrected chi connectivity index (χ3v) is 2.41. The van der Waals surface area contributed by atoms with Crippen LogP contribution in [-0.4, -0.2) is 15.2 Å². The first-order chi connectivity index (χ1) is 8.20. The van der Waals surface area contributed by atoms with Crippen molar-refractivity contribution >= 4 is 0 Å². The fourth-order valence-electron chi connectivity index (χ4n) is 1.49. The number of hydrogen-bond acceptors (Lipinski definition) is 4.